The molecule has 2 aromatic rings. The van der Waals surface area contributed by atoms with Crippen molar-refractivity contribution in [1.82, 2.24) is 0 Å². The molecule has 2 N–H and O–H groups in total. The smallest absolute Gasteiger partial charge is 0.150 e. The van der Waals surface area contributed by atoms with Crippen LogP contribution in [0.3, 0.4) is 0 Å². The van der Waals surface area contributed by atoms with Gasteiger partial charge < -0.3 is 10.5 Å². The molecule has 0 atom stereocenters. The minimum absolute atomic E-state index is 0.640. The monoisotopic (exact) mass is 225 g/mol. The van der Waals surface area contributed by atoms with Crippen LogP contribution >= 0.6 is 0 Å². The summed E-state index contributed by atoms with van der Waals surface area (Å²) in [6, 6.07) is 15.4. The number of allylic oxidation sites excluding steroid dienone is 1. The Bertz CT molecular complexity index is 520. The minimum atomic E-state index is 0.640. The van der Waals surface area contributed by atoms with Crippen LogP contribution in [0.15, 0.2) is 61.2 Å². The molecule has 2 nitrogen and oxygen atoms in total. The molecule has 0 saturated heterocycles. The molecule has 0 fully saturated rings. The number of hydrogen-bond donors (Lipinski definition) is 1. The first-order valence-electron chi connectivity index (χ1n) is 5.52. The molecule has 0 saturated carbocycles. The molecule has 0 bridgehead atoms. The topological polar surface area (TPSA) is 35.2 Å². The van der Waals surface area contributed by atoms with Crippen molar-refractivity contribution in [3.63, 3.8) is 0 Å². The fourth-order valence-electron chi connectivity index (χ4n) is 1.62. The van der Waals surface area contributed by atoms with Gasteiger partial charge >= 0.3 is 0 Å². The molecule has 0 heterocycles. The molecule has 0 unspecified atom stereocenters. The Balaban J connectivity index is 2.30. The van der Waals surface area contributed by atoms with Crippen molar-refractivity contribution in [1.29, 1.82) is 0 Å². The van der Waals surface area contributed by atoms with Crippen LogP contribution in [0.4, 0.5) is 5.69 Å². The number of anilines is 1. The van der Waals surface area contributed by atoms with Gasteiger partial charge in [-0.2, -0.15) is 0 Å². The number of hydrogen-bond acceptors (Lipinski definition) is 2. The van der Waals surface area contributed by atoms with Crippen molar-refractivity contribution >= 4 is 5.69 Å². The molecule has 17 heavy (non-hydrogen) atoms. The average Bonchev–Trinajstić information content (AvgIpc) is 2.35. The molecule has 2 aromatic carbocycles. The van der Waals surface area contributed by atoms with Crippen LogP contribution in [0.25, 0.3) is 0 Å². The predicted molar refractivity (Wildman–Crippen MR) is 71.3 cm³/mol. The van der Waals surface area contributed by atoms with E-state index in [2.05, 4.69) is 6.58 Å². The summed E-state index contributed by atoms with van der Waals surface area (Å²) in [5.74, 6) is 1.51. The molecule has 0 radical (unpaired) electrons. The van der Waals surface area contributed by atoms with E-state index in [1.54, 1.807) is 0 Å². The number of rotatable bonds is 4. The molecule has 86 valence electrons. The molecule has 0 aliphatic carbocycles. The summed E-state index contributed by atoms with van der Waals surface area (Å²) < 4.78 is 5.82. The normalized spacial score (nSPS) is 9.88. The second kappa shape index (κ2) is 5.21. The average molecular weight is 225 g/mol. The zero-order valence-corrected chi connectivity index (χ0v) is 9.60. The highest BCUT2D eigenvalue weighted by molar-refractivity contribution is 5.54. The van der Waals surface area contributed by atoms with Crippen LogP contribution < -0.4 is 10.5 Å². The van der Waals surface area contributed by atoms with Gasteiger partial charge in [-0.15, -0.1) is 6.58 Å². The van der Waals surface area contributed by atoms with E-state index in [9.17, 15) is 0 Å². The minimum Gasteiger partial charge on any atom is -0.455 e. The summed E-state index contributed by atoms with van der Waals surface area (Å²) >= 11 is 0. The maximum atomic E-state index is 5.85. The van der Waals surface area contributed by atoms with E-state index in [1.165, 1.54) is 0 Å². The maximum absolute atomic E-state index is 5.85. The summed E-state index contributed by atoms with van der Waals surface area (Å²) in [6.45, 7) is 3.74. The lowest BCUT2D eigenvalue weighted by Gasteiger charge is -2.11. The largest absolute Gasteiger partial charge is 0.455 e. The molecule has 0 amide bonds. The van der Waals surface area contributed by atoms with Gasteiger partial charge in [0.1, 0.15) is 11.5 Å². The number of nitrogens with two attached hydrogens (primary N) is 1. The van der Waals surface area contributed by atoms with Gasteiger partial charge in [-0.25, -0.2) is 0 Å². The van der Waals surface area contributed by atoms with Crippen LogP contribution in [0, 0.1) is 0 Å². The van der Waals surface area contributed by atoms with Crippen LogP contribution in [0.1, 0.15) is 5.56 Å². The molecule has 0 aliphatic rings. The molecule has 2 heteroatoms. The Labute approximate surface area is 101 Å². The first-order valence-corrected chi connectivity index (χ1v) is 5.52. The SMILES string of the molecule is C=CCc1ccccc1Oc1ccccc1N. The Morgan fingerprint density at radius 1 is 1.00 bits per heavy atom. The van der Waals surface area contributed by atoms with Gasteiger partial charge in [-0.05, 0) is 30.2 Å². The Hall–Kier alpha value is -2.22. The highest BCUT2D eigenvalue weighted by Crippen LogP contribution is 2.29. The van der Waals surface area contributed by atoms with Crippen LogP contribution in [0.2, 0.25) is 0 Å². The quantitative estimate of drug-likeness (QED) is 0.634. The van der Waals surface area contributed by atoms with Crippen molar-refractivity contribution in [2.75, 3.05) is 5.73 Å². The van der Waals surface area contributed by atoms with Crippen molar-refractivity contribution in [3.8, 4) is 11.5 Å². The molecule has 0 spiro atoms. The first kappa shape index (κ1) is 11.3. The van der Waals surface area contributed by atoms with Gasteiger partial charge in [0.25, 0.3) is 0 Å². The van der Waals surface area contributed by atoms with Gasteiger partial charge in [0.2, 0.25) is 0 Å². The van der Waals surface area contributed by atoms with E-state index in [-0.39, 0.29) is 0 Å². The van der Waals surface area contributed by atoms with E-state index in [1.807, 2.05) is 54.6 Å². The molecular formula is C15H15NO. The maximum Gasteiger partial charge on any atom is 0.150 e. The second-order valence-corrected chi connectivity index (χ2v) is 3.74. The number of para-hydroxylation sites is 3. The lowest BCUT2D eigenvalue weighted by Crippen LogP contribution is -1.94. The highest BCUT2D eigenvalue weighted by Gasteiger charge is 2.04. The summed E-state index contributed by atoms with van der Waals surface area (Å²) in [6.07, 6.45) is 2.64. The fraction of sp³-hybridized carbons (Fsp3) is 0.0667. The standard InChI is InChI=1S/C15H15NO/c1-2-7-12-8-3-5-10-14(12)17-15-11-6-4-9-13(15)16/h2-6,8-11H,1,7,16H2. The molecule has 2 rings (SSSR count). The number of benzene rings is 2. The molecule has 0 aromatic heterocycles. The highest BCUT2D eigenvalue weighted by atomic mass is 16.5. The molecular weight excluding hydrogens is 210 g/mol. The second-order valence-electron chi connectivity index (χ2n) is 3.74. The summed E-state index contributed by atoms with van der Waals surface area (Å²) in [5.41, 5.74) is 7.59. The van der Waals surface area contributed by atoms with Crippen molar-refractivity contribution < 1.29 is 4.74 Å². The van der Waals surface area contributed by atoms with Crippen LogP contribution in [-0.4, -0.2) is 0 Å². The lowest BCUT2D eigenvalue weighted by atomic mass is 10.1. The van der Waals surface area contributed by atoms with Gasteiger partial charge in [-0.1, -0.05) is 36.4 Å². The van der Waals surface area contributed by atoms with E-state index in [0.29, 0.717) is 11.4 Å². The fourth-order valence-corrected chi connectivity index (χ4v) is 1.62. The number of ether oxygens (including phenoxy) is 1. The predicted octanol–water partition coefficient (Wildman–Crippen LogP) is 3.79. The van der Waals surface area contributed by atoms with Gasteiger partial charge in [-0.3, -0.25) is 0 Å². The summed E-state index contributed by atoms with van der Waals surface area (Å²) in [4.78, 5) is 0. The number of nitrogen functional groups attached to an aromatic ring is 1. The lowest BCUT2D eigenvalue weighted by molar-refractivity contribution is 0.480. The third-order valence-corrected chi connectivity index (χ3v) is 2.48. The van der Waals surface area contributed by atoms with Gasteiger partial charge in [0.05, 0.1) is 5.69 Å². The van der Waals surface area contributed by atoms with Crippen LogP contribution in [-0.2, 0) is 6.42 Å². The zero-order chi connectivity index (χ0) is 12.1. The third-order valence-electron chi connectivity index (χ3n) is 2.48. The Kier molecular flexibility index (Phi) is 3.46. The Morgan fingerprint density at radius 2 is 1.65 bits per heavy atom. The van der Waals surface area contributed by atoms with E-state index < -0.39 is 0 Å². The van der Waals surface area contributed by atoms with Crippen LogP contribution in [0.5, 0.6) is 11.5 Å². The van der Waals surface area contributed by atoms with Crippen molar-refractivity contribution in [3.05, 3.63) is 66.7 Å². The van der Waals surface area contributed by atoms with E-state index >= 15 is 0 Å². The van der Waals surface area contributed by atoms with E-state index in [0.717, 1.165) is 17.7 Å². The first-order chi connectivity index (χ1) is 8.31. The third kappa shape index (κ3) is 2.67. The van der Waals surface area contributed by atoms with Crippen molar-refractivity contribution in [2.45, 2.75) is 6.42 Å². The molecule has 0 aliphatic heterocycles. The van der Waals surface area contributed by atoms with Crippen molar-refractivity contribution in [2.24, 2.45) is 0 Å². The van der Waals surface area contributed by atoms with Gasteiger partial charge in [0.15, 0.2) is 0 Å². The van der Waals surface area contributed by atoms with Gasteiger partial charge in [0, 0.05) is 0 Å². The summed E-state index contributed by atoms with van der Waals surface area (Å²) in [7, 11) is 0. The zero-order valence-electron chi connectivity index (χ0n) is 9.60. The summed E-state index contributed by atoms with van der Waals surface area (Å²) in [5, 5.41) is 0. The Morgan fingerprint density at radius 3 is 2.35 bits per heavy atom. The van der Waals surface area contributed by atoms with E-state index in [4.69, 9.17) is 10.5 Å².